The van der Waals surface area contributed by atoms with Crippen molar-refractivity contribution in [2.24, 2.45) is 5.92 Å². The number of fused-ring (bicyclic) bond motifs is 3. The lowest BCUT2D eigenvalue weighted by Crippen LogP contribution is -2.43. The Hall–Kier alpha value is -4.57. The number of nitrogens with zero attached hydrogens (tertiary/aromatic N) is 6. The fourth-order valence-corrected chi connectivity index (χ4v) is 10.1. The van der Waals surface area contributed by atoms with Crippen molar-refractivity contribution < 1.29 is 49.0 Å². The van der Waals surface area contributed by atoms with E-state index in [1.165, 1.54) is 9.80 Å². The zero-order valence-electron chi connectivity index (χ0n) is 30.6. The summed E-state index contributed by atoms with van der Waals surface area (Å²) >= 11 is 0.515. The van der Waals surface area contributed by atoms with Crippen LogP contribution in [0.1, 0.15) is 62.6 Å². The highest BCUT2D eigenvalue weighted by molar-refractivity contribution is 7.23. The number of halogens is 9. The van der Waals surface area contributed by atoms with Gasteiger partial charge >= 0.3 is 18.4 Å². The van der Waals surface area contributed by atoms with Crippen LogP contribution in [0, 0.1) is 23.1 Å². The molecule has 1 amide bonds. The van der Waals surface area contributed by atoms with Gasteiger partial charge in [-0.25, -0.2) is 13.2 Å². The molecule has 0 bridgehead atoms. The van der Waals surface area contributed by atoms with Gasteiger partial charge in [0, 0.05) is 54.5 Å². The van der Waals surface area contributed by atoms with Crippen molar-refractivity contribution in [2.45, 2.75) is 88.3 Å². The molecule has 1 aliphatic carbocycles. The Labute approximate surface area is 324 Å². The SMILES string of the molecule is CCN(c1nc(OC[C@@]23CCCN2C[C@H](F)C3)nc2c(C(F)(F)F)c(-c3ccc(F)c4sc(N)c(C#N)c34)c(C(F)(F)F)cc12)[C@H]1C[C@H](C)N(C(=O)C2C[C@@H]2F)C1. The number of anilines is 2. The fourth-order valence-electron chi connectivity index (χ4n) is 9.20. The van der Waals surface area contributed by atoms with Gasteiger partial charge in [-0.2, -0.15) is 41.6 Å². The third kappa shape index (κ3) is 6.56. The van der Waals surface area contributed by atoms with Crippen molar-refractivity contribution in [3.63, 3.8) is 0 Å². The number of nitriles is 1. The molecule has 4 fully saturated rings. The summed E-state index contributed by atoms with van der Waals surface area (Å²) in [6, 6.07) is 1.97. The molecule has 4 aliphatic rings. The average molecular weight is 826 g/mol. The number of likely N-dealkylation sites (N-methyl/N-ethyl adjacent to an activating group) is 1. The predicted octanol–water partition coefficient (Wildman–Crippen LogP) is 8.27. The van der Waals surface area contributed by atoms with Crippen LogP contribution < -0.4 is 15.4 Å². The van der Waals surface area contributed by atoms with Crippen molar-refractivity contribution in [1.82, 2.24) is 19.8 Å². The summed E-state index contributed by atoms with van der Waals surface area (Å²) in [4.78, 5) is 26.7. The molecule has 1 saturated carbocycles. The number of aromatic nitrogens is 2. The van der Waals surface area contributed by atoms with Crippen LogP contribution in [0.3, 0.4) is 0 Å². The van der Waals surface area contributed by atoms with E-state index in [1.54, 1.807) is 19.9 Å². The maximum absolute atomic E-state index is 15.7. The molecule has 3 aliphatic heterocycles. The molecule has 57 heavy (non-hydrogen) atoms. The highest BCUT2D eigenvalue weighted by Crippen LogP contribution is 2.53. The molecule has 2 aromatic heterocycles. The van der Waals surface area contributed by atoms with Gasteiger partial charge in [-0.3, -0.25) is 9.69 Å². The standard InChI is InChI=1S/C38H36F9N7O2S/c1-3-53(19-9-17(2)54(15-19)34(55)21-11-26(21)41)33-22-10-24(37(42,43)44)28(20-5-6-25(40)31-27(20)23(13-48)32(49)57-31)29(38(45,46)47)30(22)50-35(51-33)56-16-36-7-4-8-52(36)14-18(39)12-36/h5-6,10,17-19,21,26H,3-4,7-9,11-12,14-16,49H2,1-2H3/t17-,18+,19-,21?,26-,36-/m0/s1. The summed E-state index contributed by atoms with van der Waals surface area (Å²) in [7, 11) is 0. The minimum Gasteiger partial charge on any atom is -0.461 e. The maximum Gasteiger partial charge on any atom is 0.419 e. The number of amides is 1. The third-order valence-corrected chi connectivity index (χ3v) is 12.9. The Morgan fingerprint density at radius 3 is 2.53 bits per heavy atom. The van der Waals surface area contributed by atoms with Crippen molar-refractivity contribution in [3.05, 3.63) is 40.7 Å². The molecule has 2 N–H and O–H groups in total. The molecule has 19 heteroatoms. The van der Waals surface area contributed by atoms with Gasteiger partial charge < -0.3 is 20.3 Å². The average Bonchev–Trinajstić information content (AvgIpc) is 3.40. The second kappa shape index (κ2) is 13.8. The number of nitrogen functional groups attached to an aromatic ring is 1. The summed E-state index contributed by atoms with van der Waals surface area (Å²) < 4.78 is 143. The highest BCUT2D eigenvalue weighted by atomic mass is 32.1. The lowest BCUT2D eigenvalue weighted by molar-refractivity contribution is -0.141. The Bertz CT molecular complexity index is 2330. The Morgan fingerprint density at radius 1 is 1.14 bits per heavy atom. The second-order valence-electron chi connectivity index (χ2n) is 15.4. The lowest BCUT2D eigenvalue weighted by atomic mass is 9.88. The van der Waals surface area contributed by atoms with Gasteiger partial charge in [0.1, 0.15) is 41.7 Å². The maximum atomic E-state index is 15.7. The summed E-state index contributed by atoms with van der Waals surface area (Å²) in [6.07, 6.45) is -11.8. The van der Waals surface area contributed by atoms with Gasteiger partial charge in [-0.1, -0.05) is 6.07 Å². The van der Waals surface area contributed by atoms with Gasteiger partial charge in [-0.15, -0.1) is 11.3 Å². The molecule has 304 valence electrons. The molecule has 5 heterocycles. The number of hydrogen-bond donors (Lipinski definition) is 1. The molecule has 4 aromatic rings. The molecule has 3 saturated heterocycles. The Balaban J connectivity index is 1.38. The molecule has 1 unspecified atom stereocenters. The molecule has 6 atom stereocenters. The number of hydrogen-bond acceptors (Lipinski definition) is 9. The minimum atomic E-state index is -5.55. The number of alkyl halides is 8. The van der Waals surface area contributed by atoms with Gasteiger partial charge in [0.15, 0.2) is 0 Å². The van der Waals surface area contributed by atoms with E-state index in [0.717, 1.165) is 6.07 Å². The number of nitrogens with two attached hydrogens (primary N) is 1. The summed E-state index contributed by atoms with van der Waals surface area (Å²) in [5.41, 5.74) is -2.03. The van der Waals surface area contributed by atoms with Crippen LogP contribution in [0.25, 0.3) is 32.1 Å². The quantitative estimate of drug-likeness (QED) is 0.177. The van der Waals surface area contributed by atoms with Gasteiger partial charge in [-0.05, 0) is 63.8 Å². The molecule has 2 aromatic carbocycles. The van der Waals surface area contributed by atoms with E-state index in [-0.39, 0.29) is 56.3 Å². The van der Waals surface area contributed by atoms with Gasteiger partial charge in [0.05, 0.1) is 38.4 Å². The zero-order chi connectivity index (χ0) is 40.9. The van der Waals surface area contributed by atoms with Crippen LogP contribution in [0.4, 0.5) is 50.3 Å². The monoisotopic (exact) mass is 825 g/mol. The van der Waals surface area contributed by atoms with Gasteiger partial charge in [0.25, 0.3) is 0 Å². The smallest absolute Gasteiger partial charge is 0.419 e. The van der Waals surface area contributed by atoms with Crippen LogP contribution in [-0.2, 0) is 17.1 Å². The Kier molecular flexibility index (Phi) is 9.49. The predicted molar refractivity (Wildman–Crippen MR) is 194 cm³/mol. The first kappa shape index (κ1) is 39.3. The van der Waals surface area contributed by atoms with E-state index in [1.807, 2.05) is 4.90 Å². The summed E-state index contributed by atoms with van der Waals surface area (Å²) in [5.74, 6) is -2.57. The van der Waals surface area contributed by atoms with Crippen molar-refractivity contribution >= 4 is 49.1 Å². The van der Waals surface area contributed by atoms with E-state index < -0.39 is 115 Å². The van der Waals surface area contributed by atoms with Crippen LogP contribution in [0.15, 0.2) is 18.2 Å². The third-order valence-electron chi connectivity index (χ3n) is 11.9. The van der Waals surface area contributed by atoms with Crippen LogP contribution in [0.2, 0.25) is 0 Å². The topological polar surface area (TPSA) is 112 Å². The first-order chi connectivity index (χ1) is 26.9. The van der Waals surface area contributed by atoms with Crippen LogP contribution in [-0.4, -0.2) is 88.4 Å². The molecule has 0 spiro atoms. The van der Waals surface area contributed by atoms with E-state index >= 15 is 30.7 Å². The number of likely N-dealkylation sites (tertiary alicyclic amines) is 1. The normalized spacial score (nSPS) is 26.4. The van der Waals surface area contributed by atoms with Crippen molar-refractivity contribution in [1.29, 1.82) is 5.26 Å². The van der Waals surface area contributed by atoms with E-state index in [9.17, 15) is 18.8 Å². The number of rotatable bonds is 8. The van der Waals surface area contributed by atoms with Crippen LogP contribution >= 0.6 is 11.3 Å². The van der Waals surface area contributed by atoms with Gasteiger partial charge in [0.2, 0.25) is 5.91 Å². The highest BCUT2D eigenvalue weighted by Gasteiger charge is 2.51. The number of benzene rings is 2. The molecular weight excluding hydrogens is 790 g/mol. The summed E-state index contributed by atoms with van der Waals surface area (Å²) in [6.45, 7) is 3.85. The first-order valence-electron chi connectivity index (χ1n) is 18.5. The molecule has 9 nitrogen and oxygen atoms in total. The zero-order valence-corrected chi connectivity index (χ0v) is 31.4. The van der Waals surface area contributed by atoms with E-state index in [2.05, 4.69) is 9.97 Å². The summed E-state index contributed by atoms with van der Waals surface area (Å²) in [5, 5.41) is 8.45. The number of thiophene rings is 1. The number of carbonyl (C=O) groups excluding carboxylic acids is 1. The Morgan fingerprint density at radius 2 is 1.88 bits per heavy atom. The fraction of sp³-hybridized carbons (Fsp3) is 0.526. The molecular formula is C38H36F9N7O2S. The first-order valence-corrected chi connectivity index (χ1v) is 19.4. The van der Waals surface area contributed by atoms with Crippen molar-refractivity contribution in [2.75, 3.05) is 43.4 Å². The van der Waals surface area contributed by atoms with Crippen LogP contribution in [0.5, 0.6) is 6.01 Å². The van der Waals surface area contributed by atoms with E-state index in [0.29, 0.717) is 42.9 Å². The number of ether oxygens (including phenoxy) is 1. The van der Waals surface area contributed by atoms with E-state index in [4.69, 9.17) is 10.5 Å². The number of carbonyl (C=O) groups is 1. The lowest BCUT2D eigenvalue weighted by Gasteiger charge is -2.32. The van der Waals surface area contributed by atoms with Crippen molar-refractivity contribution in [3.8, 4) is 23.2 Å². The largest absolute Gasteiger partial charge is 0.461 e. The minimum absolute atomic E-state index is 0.00410. The molecule has 0 radical (unpaired) electrons. The molecule has 8 rings (SSSR count). The second-order valence-corrected chi connectivity index (χ2v) is 16.4.